The van der Waals surface area contributed by atoms with Crippen molar-refractivity contribution < 1.29 is 0 Å². The molecule has 1 aromatic carbocycles. The topological polar surface area (TPSA) is 28.2 Å². The third-order valence-corrected chi connectivity index (χ3v) is 4.68. The summed E-state index contributed by atoms with van der Waals surface area (Å²) >= 11 is 2.06. The van der Waals surface area contributed by atoms with Crippen molar-refractivity contribution in [3.63, 3.8) is 0 Å². The number of para-hydroxylation sites is 1. The minimum atomic E-state index is 0.969. The highest BCUT2D eigenvalue weighted by Crippen LogP contribution is 2.19. The van der Waals surface area contributed by atoms with Crippen LogP contribution in [0.15, 0.2) is 30.3 Å². The molecule has 1 fully saturated rings. The number of pyridine rings is 1. The third-order valence-electron chi connectivity index (χ3n) is 3.74. The Morgan fingerprint density at radius 3 is 2.90 bits per heavy atom. The minimum Gasteiger partial charge on any atom is -0.369 e. The van der Waals surface area contributed by atoms with Crippen molar-refractivity contribution in [2.45, 2.75) is 6.92 Å². The fraction of sp³-hybridized carbons (Fsp3) is 0.438. The van der Waals surface area contributed by atoms with Crippen LogP contribution in [0.3, 0.4) is 0 Å². The molecule has 1 aliphatic rings. The molecule has 20 heavy (non-hydrogen) atoms. The quantitative estimate of drug-likeness (QED) is 0.935. The van der Waals surface area contributed by atoms with Crippen LogP contribution in [-0.4, -0.2) is 47.6 Å². The molecule has 3 rings (SSSR count). The van der Waals surface area contributed by atoms with Gasteiger partial charge >= 0.3 is 0 Å². The minimum absolute atomic E-state index is 0.969. The number of thioether (sulfide) groups is 1. The standard InChI is InChI=1S/C16H21N3S/c1-13-12-14-4-2-3-5-15(14)18-16(13)17-6-7-19-8-10-20-11-9-19/h2-5,12H,6-11H2,1H3,(H,17,18). The molecule has 2 heterocycles. The molecule has 0 aliphatic carbocycles. The van der Waals surface area contributed by atoms with E-state index in [4.69, 9.17) is 4.98 Å². The molecule has 0 radical (unpaired) electrons. The maximum Gasteiger partial charge on any atom is 0.129 e. The monoisotopic (exact) mass is 287 g/mol. The second kappa shape index (κ2) is 6.46. The summed E-state index contributed by atoms with van der Waals surface area (Å²) in [6.07, 6.45) is 0. The lowest BCUT2D eigenvalue weighted by Gasteiger charge is -2.26. The first-order valence-electron chi connectivity index (χ1n) is 7.23. The summed E-state index contributed by atoms with van der Waals surface area (Å²) in [5.41, 5.74) is 2.29. The summed E-state index contributed by atoms with van der Waals surface area (Å²) in [7, 11) is 0. The van der Waals surface area contributed by atoms with Gasteiger partial charge in [0.05, 0.1) is 5.52 Å². The molecule has 4 heteroatoms. The second-order valence-electron chi connectivity index (χ2n) is 5.23. The summed E-state index contributed by atoms with van der Waals surface area (Å²) < 4.78 is 0. The predicted octanol–water partition coefficient (Wildman–Crippen LogP) is 3.00. The van der Waals surface area contributed by atoms with E-state index in [9.17, 15) is 0 Å². The molecular weight excluding hydrogens is 266 g/mol. The van der Waals surface area contributed by atoms with Gasteiger partial charge in [-0.05, 0) is 24.6 Å². The van der Waals surface area contributed by atoms with Crippen LogP contribution in [0, 0.1) is 6.92 Å². The number of hydrogen-bond donors (Lipinski definition) is 1. The molecule has 0 unspecified atom stereocenters. The van der Waals surface area contributed by atoms with Crippen LogP contribution < -0.4 is 5.32 Å². The maximum atomic E-state index is 4.72. The van der Waals surface area contributed by atoms with Crippen molar-refractivity contribution >= 4 is 28.5 Å². The molecule has 0 bridgehead atoms. The summed E-state index contributed by atoms with van der Waals surface area (Å²) in [6, 6.07) is 10.5. The van der Waals surface area contributed by atoms with Gasteiger partial charge in [-0.2, -0.15) is 11.8 Å². The average molecular weight is 287 g/mol. The molecule has 1 aromatic heterocycles. The molecule has 0 amide bonds. The van der Waals surface area contributed by atoms with E-state index < -0.39 is 0 Å². The Balaban J connectivity index is 1.63. The predicted molar refractivity (Wildman–Crippen MR) is 88.7 cm³/mol. The zero-order valence-electron chi connectivity index (χ0n) is 11.9. The number of aryl methyl sites for hydroxylation is 1. The van der Waals surface area contributed by atoms with Crippen molar-refractivity contribution in [2.75, 3.05) is 43.0 Å². The molecule has 0 saturated carbocycles. The lowest BCUT2D eigenvalue weighted by molar-refractivity contribution is 0.314. The lowest BCUT2D eigenvalue weighted by Crippen LogP contribution is -2.36. The van der Waals surface area contributed by atoms with Crippen molar-refractivity contribution in [3.05, 3.63) is 35.9 Å². The van der Waals surface area contributed by atoms with Crippen LogP contribution >= 0.6 is 11.8 Å². The first-order valence-corrected chi connectivity index (χ1v) is 8.39. The Hall–Kier alpha value is -1.26. The smallest absolute Gasteiger partial charge is 0.129 e. The number of hydrogen-bond acceptors (Lipinski definition) is 4. The zero-order valence-corrected chi connectivity index (χ0v) is 12.7. The van der Waals surface area contributed by atoms with Gasteiger partial charge in [0.25, 0.3) is 0 Å². The van der Waals surface area contributed by atoms with Gasteiger partial charge < -0.3 is 5.32 Å². The lowest BCUT2D eigenvalue weighted by atomic mass is 10.1. The second-order valence-corrected chi connectivity index (χ2v) is 6.45. The first-order chi connectivity index (χ1) is 9.83. The molecule has 0 atom stereocenters. The first kappa shape index (κ1) is 13.7. The Morgan fingerprint density at radius 2 is 2.05 bits per heavy atom. The van der Waals surface area contributed by atoms with E-state index in [1.807, 2.05) is 6.07 Å². The van der Waals surface area contributed by atoms with Crippen LogP contribution in [0.5, 0.6) is 0 Å². The highest BCUT2D eigenvalue weighted by atomic mass is 32.2. The van der Waals surface area contributed by atoms with E-state index in [2.05, 4.69) is 53.2 Å². The maximum absolute atomic E-state index is 4.72. The van der Waals surface area contributed by atoms with Crippen LogP contribution in [-0.2, 0) is 0 Å². The highest BCUT2D eigenvalue weighted by molar-refractivity contribution is 7.99. The SMILES string of the molecule is Cc1cc2ccccc2nc1NCCN1CCSCC1. The summed E-state index contributed by atoms with van der Waals surface area (Å²) in [4.78, 5) is 7.25. The number of rotatable bonds is 4. The Labute approximate surface area is 124 Å². The number of fused-ring (bicyclic) bond motifs is 1. The van der Waals surface area contributed by atoms with Gasteiger partial charge in [0.15, 0.2) is 0 Å². The molecule has 1 saturated heterocycles. The summed E-state index contributed by atoms with van der Waals surface area (Å²) in [6.45, 7) is 6.64. The zero-order chi connectivity index (χ0) is 13.8. The van der Waals surface area contributed by atoms with Gasteiger partial charge in [0.1, 0.15) is 5.82 Å². The van der Waals surface area contributed by atoms with Gasteiger partial charge in [0, 0.05) is 43.1 Å². The van der Waals surface area contributed by atoms with Crippen molar-refractivity contribution in [3.8, 4) is 0 Å². The molecule has 2 aromatic rings. The molecule has 1 N–H and O–H groups in total. The number of benzene rings is 1. The van der Waals surface area contributed by atoms with Crippen molar-refractivity contribution in [1.29, 1.82) is 0 Å². The fourth-order valence-electron chi connectivity index (χ4n) is 2.56. The van der Waals surface area contributed by atoms with E-state index in [-0.39, 0.29) is 0 Å². The highest BCUT2D eigenvalue weighted by Gasteiger charge is 2.10. The van der Waals surface area contributed by atoms with E-state index in [1.54, 1.807) is 0 Å². The summed E-state index contributed by atoms with van der Waals surface area (Å²) in [5, 5.41) is 4.70. The number of nitrogens with one attached hydrogen (secondary N) is 1. The van der Waals surface area contributed by atoms with Crippen LogP contribution in [0.4, 0.5) is 5.82 Å². The largest absolute Gasteiger partial charge is 0.369 e. The normalized spacial score (nSPS) is 16.4. The summed E-state index contributed by atoms with van der Waals surface area (Å²) in [5.74, 6) is 3.57. The van der Waals surface area contributed by atoms with Crippen LogP contribution in [0.1, 0.15) is 5.56 Å². The fourth-order valence-corrected chi connectivity index (χ4v) is 3.54. The van der Waals surface area contributed by atoms with E-state index in [0.717, 1.165) is 24.4 Å². The van der Waals surface area contributed by atoms with Gasteiger partial charge in [-0.15, -0.1) is 0 Å². The van der Waals surface area contributed by atoms with E-state index in [1.165, 1.54) is 35.5 Å². The Morgan fingerprint density at radius 1 is 1.25 bits per heavy atom. The Kier molecular flexibility index (Phi) is 4.43. The molecule has 0 spiro atoms. The number of aromatic nitrogens is 1. The van der Waals surface area contributed by atoms with Crippen LogP contribution in [0.2, 0.25) is 0 Å². The number of nitrogens with zero attached hydrogens (tertiary/aromatic N) is 2. The van der Waals surface area contributed by atoms with Crippen molar-refractivity contribution in [2.24, 2.45) is 0 Å². The van der Waals surface area contributed by atoms with Gasteiger partial charge in [-0.3, -0.25) is 4.90 Å². The van der Waals surface area contributed by atoms with Crippen LogP contribution in [0.25, 0.3) is 10.9 Å². The third kappa shape index (κ3) is 3.25. The van der Waals surface area contributed by atoms with Crippen molar-refractivity contribution in [1.82, 2.24) is 9.88 Å². The van der Waals surface area contributed by atoms with Gasteiger partial charge in [-0.25, -0.2) is 4.98 Å². The van der Waals surface area contributed by atoms with Gasteiger partial charge in [-0.1, -0.05) is 18.2 Å². The molecule has 1 aliphatic heterocycles. The van der Waals surface area contributed by atoms with Gasteiger partial charge in [0.2, 0.25) is 0 Å². The van der Waals surface area contributed by atoms with E-state index in [0.29, 0.717) is 0 Å². The average Bonchev–Trinajstić information content (AvgIpc) is 2.49. The number of anilines is 1. The Bertz CT molecular complexity index is 579. The molecule has 106 valence electrons. The molecular formula is C16H21N3S. The molecule has 3 nitrogen and oxygen atoms in total. The van der Waals surface area contributed by atoms with E-state index >= 15 is 0 Å².